The fourth-order valence-corrected chi connectivity index (χ4v) is 1.68. The molecule has 88 valence electrons. The number of para-hydroxylation sites is 1. The summed E-state index contributed by atoms with van der Waals surface area (Å²) in [5.74, 6) is 0.369. The predicted molar refractivity (Wildman–Crippen MR) is 68.5 cm³/mol. The van der Waals surface area contributed by atoms with Crippen LogP contribution in [0.5, 0.6) is 5.75 Å². The van der Waals surface area contributed by atoms with Crippen LogP contribution < -0.4 is 5.32 Å². The molecule has 0 aromatic heterocycles. The van der Waals surface area contributed by atoms with Crippen LogP contribution in [0.25, 0.3) is 0 Å². The molecule has 2 heteroatoms. The third kappa shape index (κ3) is 4.07. The lowest BCUT2D eigenvalue weighted by Crippen LogP contribution is -2.27. The molecule has 1 unspecified atom stereocenters. The summed E-state index contributed by atoms with van der Waals surface area (Å²) < 4.78 is 0. The lowest BCUT2D eigenvalue weighted by atomic mass is 10.1. The molecule has 0 radical (unpaired) electrons. The van der Waals surface area contributed by atoms with Gasteiger partial charge in [0.25, 0.3) is 0 Å². The van der Waals surface area contributed by atoms with Crippen molar-refractivity contribution in [2.45, 2.75) is 38.8 Å². The first-order valence-electron chi connectivity index (χ1n) is 5.89. The summed E-state index contributed by atoms with van der Waals surface area (Å²) in [5.41, 5.74) is 0.958. The molecule has 0 saturated heterocycles. The maximum absolute atomic E-state index is 9.62. The Morgan fingerprint density at radius 1 is 1.44 bits per heavy atom. The van der Waals surface area contributed by atoms with Gasteiger partial charge in [0.15, 0.2) is 0 Å². The Morgan fingerprint density at radius 2 is 2.19 bits per heavy atom. The van der Waals surface area contributed by atoms with Gasteiger partial charge < -0.3 is 10.4 Å². The Morgan fingerprint density at radius 3 is 2.81 bits per heavy atom. The van der Waals surface area contributed by atoms with Crippen molar-refractivity contribution in [2.24, 2.45) is 0 Å². The van der Waals surface area contributed by atoms with Crippen molar-refractivity contribution in [3.63, 3.8) is 0 Å². The van der Waals surface area contributed by atoms with Crippen molar-refractivity contribution >= 4 is 0 Å². The first-order chi connectivity index (χ1) is 7.77. The SMILES string of the molecule is C=CCCC(CC)NCc1ccccc1O. The van der Waals surface area contributed by atoms with Crippen LogP contribution in [0.2, 0.25) is 0 Å². The number of nitrogens with one attached hydrogen (secondary N) is 1. The van der Waals surface area contributed by atoms with Gasteiger partial charge in [-0.3, -0.25) is 0 Å². The van der Waals surface area contributed by atoms with Crippen LogP contribution in [0.4, 0.5) is 0 Å². The smallest absolute Gasteiger partial charge is 0.120 e. The summed E-state index contributed by atoms with van der Waals surface area (Å²) >= 11 is 0. The summed E-state index contributed by atoms with van der Waals surface area (Å²) in [4.78, 5) is 0. The molecule has 0 aliphatic heterocycles. The van der Waals surface area contributed by atoms with E-state index >= 15 is 0 Å². The van der Waals surface area contributed by atoms with Crippen molar-refractivity contribution in [1.82, 2.24) is 5.32 Å². The van der Waals surface area contributed by atoms with Gasteiger partial charge in [0, 0.05) is 18.2 Å². The summed E-state index contributed by atoms with van der Waals surface area (Å²) in [6, 6.07) is 7.96. The molecule has 0 amide bonds. The monoisotopic (exact) mass is 219 g/mol. The van der Waals surface area contributed by atoms with Crippen LogP contribution in [0.1, 0.15) is 31.7 Å². The van der Waals surface area contributed by atoms with Gasteiger partial charge >= 0.3 is 0 Å². The summed E-state index contributed by atoms with van der Waals surface area (Å²) in [6.45, 7) is 6.63. The highest BCUT2D eigenvalue weighted by Crippen LogP contribution is 2.15. The van der Waals surface area contributed by atoms with E-state index in [0.717, 1.165) is 31.4 Å². The number of aromatic hydroxyl groups is 1. The second-order valence-corrected chi connectivity index (χ2v) is 3.98. The number of hydrogen-bond donors (Lipinski definition) is 2. The Labute approximate surface area is 98.0 Å². The highest BCUT2D eigenvalue weighted by Gasteiger charge is 2.05. The van der Waals surface area contributed by atoms with Crippen molar-refractivity contribution in [1.29, 1.82) is 0 Å². The van der Waals surface area contributed by atoms with Crippen LogP contribution >= 0.6 is 0 Å². The molecule has 16 heavy (non-hydrogen) atoms. The van der Waals surface area contributed by atoms with E-state index in [9.17, 15) is 5.11 Å². The van der Waals surface area contributed by atoms with E-state index < -0.39 is 0 Å². The molecule has 0 heterocycles. The maximum atomic E-state index is 9.62. The van der Waals surface area contributed by atoms with E-state index in [4.69, 9.17) is 0 Å². The molecule has 1 aromatic carbocycles. The minimum atomic E-state index is 0.369. The first kappa shape index (κ1) is 12.8. The molecule has 0 bridgehead atoms. The molecular formula is C14H21NO. The Kier molecular flexibility index (Phi) is 5.65. The number of phenolic OH excluding ortho intramolecular Hbond substituents is 1. The lowest BCUT2D eigenvalue weighted by molar-refractivity contribution is 0.443. The minimum Gasteiger partial charge on any atom is -0.508 e. The average molecular weight is 219 g/mol. The highest BCUT2D eigenvalue weighted by molar-refractivity contribution is 5.31. The van der Waals surface area contributed by atoms with Gasteiger partial charge in [-0.25, -0.2) is 0 Å². The molecule has 1 aromatic rings. The van der Waals surface area contributed by atoms with Gasteiger partial charge in [-0.1, -0.05) is 31.2 Å². The zero-order chi connectivity index (χ0) is 11.8. The summed E-state index contributed by atoms with van der Waals surface area (Å²) in [5, 5.41) is 13.1. The predicted octanol–water partition coefficient (Wildman–Crippen LogP) is 3.23. The molecule has 0 aliphatic carbocycles. The maximum Gasteiger partial charge on any atom is 0.120 e. The average Bonchev–Trinajstić information content (AvgIpc) is 2.31. The fraction of sp³-hybridized carbons (Fsp3) is 0.429. The third-order valence-electron chi connectivity index (χ3n) is 2.78. The van der Waals surface area contributed by atoms with Gasteiger partial charge in [0.1, 0.15) is 5.75 Å². The Hall–Kier alpha value is -1.28. The second kappa shape index (κ2) is 7.07. The second-order valence-electron chi connectivity index (χ2n) is 3.98. The number of phenols is 1. The van der Waals surface area contributed by atoms with Crippen molar-refractivity contribution in [3.05, 3.63) is 42.5 Å². The Bertz CT molecular complexity index is 322. The zero-order valence-electron chi connectivity index (χ0n) is 9.95. The summed E-state index contributed by atoms with van der Waals surface area (Å²) in [6.07, 6.45) is 5.19. The van der Waals surface area contributed by atoms with Crippen LogP contribution in [-0.2, 0) is 6.54 Å². The van der Waals surface area contributed by atoms with Gasteiger partial charge in [0.2, 0.25) is 0 Å². The molecule has 0 spiro atoms. The van der Waals surface area contributed by atoms with Gasteiger partial charge in [0.05, 0.1) is 0 Å². The van der Waals surface area contributed by atoms with Crippen molar-refractivity contribution < 1.29 is 5.11 Å². The molecule has 0 aliphatic rings. The van der Waals surface area contributed by atoms with Crippen molar-refractivity contribution in [2.75, 3.05) is 0 Å². The quantitative estimate of drug-likeness (QED) is 0.690. The van der Waals surface area contributed by atoms with E-state index in [1.807, 2.05) is 24.3 Å². The molecule has 2 nitrogen and oxygen atoms in total. The van der Waals surface area contributed by atoms with Gasteiger partial charge in [-0.2, -0.15) is 0 Å². The number of rotatable bonds is 7. The lowest BCUT2D eigenvalue weighted by Gasteiger charge is -2.16. The van der Waals surface area contributed by atoms with E-state index in [0.29, 0.717) is 11.8 Å². The van der Waals surface area contributed by atoms with Crippen molar-refractivity contribution in [3.8, 4) is 5.75 Å². The molecule has 0 saturated carbocycles. The normalized spacial score (nSPS) is 12.3. The van der Waals surface area contributed by atoms with Crippen LogP contribution in [-0.4, -0.2) is 11.1 Å². The molecule has 1 rings (SSSR count). The van der Waals surface area contributed by atoms with Gasteiger partial charge in [-0.15, -0.1) is 6.58 Å². The van der Waals surface area contributed by atoms with Crippen LogP contribution in [0, 0.1) is 0 Å². The molecule has 1 atom stereocenters. The molecule has 2 N–H and O–H groups in total. The summed E-state index contributed by atoms with van der Waals surface area (Å²) in [7, 11) is 0. The first-order valence-corrected chi connectivity index (χ1v) is 5.89. The zero-order valence-corrected chi connectivity index (χ0v) is 9.95. The number of allylic oxidation sites excluding steroid dienone is 1. The number of benzene rings is 1. The standard InChI is InChI=1S/C14H21NO/c1-3-5-9-13(4-2)15-11-12-8-6-7-10-14(12)16/h3,6-8,10,13,15-16H,1,4-5,9,11H2,2H3. The third-order valence-corrected chi connectivity index (χ3v) is 2.78. The number of hydrogen-bond acceptors (Lipinski definition) is 2. The van der Waals surface area contributed by atoms with E-state index in [-0.39, 0.29) is 0 Å². The molecule has 0 fully saturated rings. The minimum absolute atomic E-state index is 0.369. The Balaban J connectivity index is 2.43. The van der Waals surface area contributed by atoms with E-state index in [2.05, 4.69) is 18.8 Å². The van der Waals surface area contributed by atoms with E-state index in [1.54, 1.807) is 6.07 Å². The largest absolute Gasteiger partial charge is 0.508 e. The topological polar surface area (TPSA) is 32.3 Å². The fourth-order valence-electron chi connectivity index (χ4n) is 1.68. The van der Waals surface area contributed by atoms with Crippen LogP contribution in [0.15, 0.2) is 36.9 Å². The van der Waals surface area contributed by atoms with E-state index in [1.165, 1.54) is 0 Å². The van der Waals surface area contributed by atoms with Gasteiger partial charge in [-0.05, 0) is 25.3 Å². The highest BCUT2D eigenvalue weighted by atomic mass is 16.3. The molecular weight excluding hydrogens is 198 g/mol. The van der Waals surface area contributed by atoms with Crippen LogP contribution in [0.3, 0.4) is 0 Å².